The van der Waals surface area contributed by atoms with Crippen LogP contribution >= 0.6 is 0 Å². The number of amides is 1. The number of rotatable bonds is 5. The molecule has 1 aromatic heterocycles. The van der Waals surface area contributed by atoms with E-state index in [0.717, 1.165) is 5.56 Å². The summed E-state index contributed by atoms with van der Waals surface area (Å²) in [6.45, 7) is 3.21. The van der Waals surface area contributed by atoms with Crippen molar-refractivity contribution in [1.82, 2.24) is 4.57 Å². The number of benzene rings is 1. The van der Waals surface area contributed by atoms with Gasteiger partial charge in [-0.25, -0.2) is 4.79 Å². The number of carbonyl (C=O) groups excluding carboxylic acids is 2. The zero-order chi connectivity index (χ0) is 16.8. The van der Waals surface area contributed by atoms with Crippen molar-refractivity contribution < 1.29 is 14.3 Å². The summed E-state index contributed by atoms with van der Waals surface area (Å²) in [4.78, 5) is 35.3. The number of ether oxygens (including phenoxy) is 1. The molecule has 6 heteroatoms. The van der Waals surface area contributed by atoms with E-state index in [-0.39, 0.29) is 24.6 Å². The van der Waals surface area contributed by atoms with Gasteiger partial charge in [0.25, 0.3) is 5.56 Å². The van der Waals surface area contributed by atoms with Gasteiger partial charge >= 0.3 is 6.09 Å². The Balaban J connectivity index is 2.06. The second-order valence-electron chi connectivity index (χ2n) is 5.17. The van der Waals surface area contributed by atoms with Gasteiger partial charge in [-0.3, -0.25) is 14.9 Å². The van der Waals surface area contributed by atoms with E-state index in [1.165, 1.54) is 17.6 Å². The fourth-order valence-corrected chi connectivity index (χ4v) is 2.05. The molecule has 2 aromatic rings. The molecule has 120 valence electrons. The molecule has 23 heavy (non-hydrogen) atoms. The first-order valence-corrected chi connectivity index (χ1v) is 7.15. The number of Topliss-reactive ketones (excluding diaryl/α,β-unsaturated/α-hetero) is 1. The number of ketones is 1. The number of aromatic nitrogens is 1. The standard InChI is InChI=1S/C17H18N2O4/c1-12-8-9-15(16(21)19(12)10-13(2)20)18-17(22)23-11-14-6-4-3-5-7-14/h3-9H,10-11H2,1-2H3,(H,18,22). The van der Waals surface area contributed by atoms with Crippen LogP contribution in [0.15, 0.2) is 47.3 Å². The summed E-state index contributed by atoms with van der Waals surface area (Å²) in [6, 6.07) is 12.4. The first-order chi connectivity index (χ1) is 11.0. The fourth-order valence-electron chi connectivity index (χ4n) is 2.05. The number of carbonyl (C=O) groups is 2. The fraction of sp³-hybridized carbons (Fsp3) is 0.235. The van der Waals surface area contributed by atoms with E-state index in [9.17, 15) is 14.4 Å². The lowest BCUT2D eigenvalue weighted by Gasteiger charge is -2.11. The third-order valence-electron chi connectivity index (χ3n) is 3.22. The van der Waals surface area contributed by atoms with Gasteiger partial charge in [-0.1, -0.05) is 30.3 Å². The lowest BCUT2D eigenvalue weighted by molar-refractivity contribution is -0.117. The molecule has 0 bridgehead atoms. The minimum Gasteiger partial charge on any atom is -0.444 e. The van der Waals surface area contributed by atoms with Crippen molar-refractivity contribution >= 4 is 17.6 Å². The predicted molar refractivity (Wildman–Crippen MR) is 86.4 cm³/mol. The molecule has 0 aliphatic rings. The Morgan fingerprint density at radius 2 is 1.83 bits per heavy atom. The Morgan fingerprint density at radius 1 is 1.13 bits per heavy atom. The van der Waals surface area contributed by atoms with Crippen LogP contribution in [0.2, 0.25) is 0 Å². The minimum atomic E-state index is -0.718. The first kappa shape index (κ1) is 16.5. The van der Waals surface area contributed by atoms with Gasteiger partial charge in [0.2, 0.25) is 0 Å². The zero-order valence-electron chi connectivity index (χ0n) is 13.0. The third kappa shape index (κ3) is 4.54. The van der Waals surface area contributed by atoms with Crippen LogP contribution in [-0.4, -0.2) is 16.4 Å². The average Bonchev–Trinajstić information content (AvgIpc) is 2.53. The van der Waals surface area contributed by atoms with Crippen LogP contribution in [0.5, 0.6) is 0 Å². The second-order valence-corrected chi connectivity index (χ2v) is 5.17. The lowest BCUT2D eigenvalue weighted by atomic mass is 10.2. The van der Waals surface area contributed by atoms with Crippen molar-refractivity contribution in [3.8, 4) is 0 Å². The molecule has 1 heterocycles. The highest BCUT2D eigenvalue weighted by molar-refractivity contribution is 5.84. The highest BCUT2D eigenvalue weighted by Gasteiger charge is 2.11. The smallest absolute Gasteiger partial charge is 0.412 e. The van der Waals surface area contributed by atoms with Gasteiger partial charge in [-0.2, -0.15) is 0 Å². The SMILES string of the molecule is CC(=O)Cn1c(C)ccc(NC(=O)OCc2ccccc2)c1=O. The van der Waals surface area contributed by atoms with Crippen molar-refractivity contribution in [2.45, 2.75) is 27.0 Å². The summed E-state index contributed by atoms with van der Waals surface area (Å²) in [7, 11) is 0. The molecule has 0 saturated carbocycles. The van der Waals surface area contributed by atoms with Crippen molar-refractivity contribution in [3.05, 3.63) is 64.1 Å². The van der Waals surface area contributed by atoms with Gasteiger partial charge in [0.15, 0.2) is 0 Å². The minimum absolute atomic E-state index is 0.0285. The molecule has 0 radical (unpaired) electrons. The van der Waals surface area contributed by atoms with Crippen molar-refractivity contribution in [3.63, 3.8) is 0 Å². The highest BCUT2D eigenvalue weighted by Crippen LogP contribution is 2.06. The maximum atomic E-state index is 12.3. The number of pyridine rings is 1. The summed E-state index contributed by atoms with van der Waals surface area (Å²) in [6.07, 6.45) is -0.718. The summed E-state index contributed by atoms with van der Waals surface area (Å²) >= 11 is 0. The van der Waals surface area contributed by atoms with Crippen LogP contribution in [0.4, 0.5) is 10.5 Å². The molecule has 0 atom stereocenters. The van der Waals surface area contributed by atoms with Gasteiger partial charge in [0.05, 0.1) is 6.54 Å². The summed E-state index contributed by atoms with van der Waals surface area (Å²) in [5.74, 6) is -0.140. The average molecular weight is 314 g/mol. The van der Waals surface area contributed by atoms with Gasteiger partial charge in [0.1, 0.15) is 18.1 Å². The number of hydrogen-bond donors (Lipinski definition) is 1. The molecule has 1 amide bonds. The molecule has 0 spiro atoms. The molecule has 2 rings (SSSR count). The van der Waals surface area contributed by atoms with Gasteiger partial charge in [0, 0.05) is 5.69 Å². The molecule has 1 aromatic carbocycles. The van der Waals surface area contributed by atoms with Crippen LogP contribution in [0.25, 0.3) is 0 Å². The monoisotopic (exact) mass is 314 g/mol. The summed E-state index contributed by atoms with van der Waals surface area (Å²) in [5.41, 5.74) is 1.14. The molecule has 6 nitrogen and oxygen atoms in total. The third-order valence-corrected chi connectivity index (χ3v) is 3.22. The Morgan fingerprint density at radius 3 is 2.48 bits per heavy atom. The lowest BCUT2D eigenvalue weighted by Crippen LogP contribution is -2.29. The van der Waals surface area contributed by atoms with E-state index < -0.39 is 11.7 Å². The van der Waals surface area contributed by atoms with E-state index in [1.54, 1.807) is 13.0 Å². The maximum absolute atomic E-state index is 12.3. The Labute approximate surface area is 133 Å². The molecule has 0 saturated heterocycles. The largest absolute Gasteiger partial charge is 0.444 e. The number of aryl methyl sites for hydroxylation is 1. The molecule has 0 aliphatic heterocycles. The number of anilines is 1. The zero-order valence-corrected chi connectivity index (χ0v) is 13.0. The summed E-state index contributed by atoms with van der Waals surface area (Å²) in [5, 5.41) is 2.42. The molecule has 0 unspecified atom stereocenters. The Bertz CT molecular complexity index is 766. The molecular formula is C17H18N2O4. The topological polar surface area (TPSA) is 77.4 Å². The molecule has 0 fully saturated rings. The second kappa shape index (κ2) is 7.40. The Hall–Kier alpha value is -2.89. The molecule has 0 aliphatic carbocycles. The quantitative estimate of drug-likeness (QED) is 0.920. The first-order valence-electron chi connectivity index (χ1n) is 7.15. The predicted octanol–water partition coefficient (Wildman–Crippen LogP) is 2.49. The number of nitrogens with one attached hydrogen (secondary N) is 1. The van der Waals surface area contributed by atoms with Crippen LogP contribution in [0, 0.1) is 6.92 Å². The summed E-state index contributed by atoms with van der Waals surface area (Å²) < 4.78 is 6.39. The van der Waals surface area contributed by atoms with Crippen molar-refractivity contribution in [1.29, 1.82) is 0 Å². The normalized spacial score (nSPS) is 10.2. The van der Waals surface area contributed by atoms with E-state index in [2.05, 4.69) is 5.32 Å². The number of nitrogens with zero attached hydrogens (tertiary/aromatic N) is 1. The van der Waals surface area contributed by atoms with E-state index in [0.29, 0.717) is 5.69 Å². The Kier molecular flexibility index (Phi) is 5.30. The van der Waals surface area contributed by atoms with E-state index in [1.807, 2.05) is 30.3 Å². The van der Waals surface area contributed by atoms with Crippen molar-refractivity contribution in [2.24, 2.45) is 0 Å². The maximum Gasteiger partial charge on any atom is 0.412 e. The molecule has 1 N–H and O–H groups in total. The van der Waals surface area contributed by atoms with E-state index in [4.69, 9.17) is 4.74 Å². The van der Waals surface area contributed by atoms with Gasteiger partial charge in [-0.15, -0.1) is 0 Å². The van der Waals surface area contributed by atoms with Crippen LogP contribution in [0.1, 0.15) is 18.2 Å². The van der Waals surface area contributed by atoms with Crippen LogP contribution in [-0.2, 0) is 22.7 Å². The van der Waals surface area contributed by atoms with E-state index >= 15 is 0 Å². The van der Waals surface area contributed by atoms with Gasteiger partial charge < -0.3 is 9.30 Å². The number of hydrogen-bond acceptors (Lipinski definition) is 4. The van der Waals surface area contributed by atoms with Crippen molar-refractivity contribution in [2.75, 3.05) is 5.32 Å². The van der Waals surface area contributed by atoms with Crippen LogP contribution in [0.3, 0.4) is 0 Å². The molecular weight excluding hydrogens is 296 g/mol. The highest BCUT2D eigenvalue weighted by atomic mass is 16.5. The van der Waals surface area contributed by atoms with Gasteiger partial charge in [-0.05, 0) is 31.5 Å². The van der Waals surface area contributed by atoms with Crippen LogP contribution < -0.4 is 10.9 Å².